The topological polar surface area (TPSA) is 18.5 Å². The number of nitrogens with one attached hydrogen (secondary N) is 1. The lowest BCUT2D eigenvalue weighted by atomic mass is 9.78. The molecule has 0 bridgehead atoms. The zero-order valence-electron chi connectivity index (χ0n) is 12.8. The Bertz CT molecular complexity index is 282. The lowest BCUT2D eigenvalue weighted by molar-refractivity contribution is 0.0595. The fraction of sp³-hybridized carbons (Fsp3) is 1.00. The molecule has 0 aromatic rings. The van der Waals surface area contributed by atoms with E-state index in [0.29, 0.717) is 0 Å². The van der Waals surface area contributed by atoms with E-state index in [0.717, 1.165) is 23.9 Å². The molecule has 19 heavy (non-hydrogen) atoms. The summed E-state index contributed by atoms with van der Waals surface area (Å²) in [6, 6.07) is 1.74. The molecule has 0 amide bonds. The van der Waals surface area contributed by atoms with Crippen LogP contribution in [0.2, 0.25) is 0 Å². The fourth-order valence-corrected chi connectivity index (χ4v) is 3.76. The van der Waals surface area contributed by atoms with Crippen LogP contribution >= 0.6 is 0 Å². The lowest BCUT2D eigenvalue weighted by Gasteiger charge is -2.45. The molecule has 3 fully saturated rings. The Morgan fingerprint density at radius 2 is 1.79 bits per heavy atom. The van der Waals surface area contributed by atoms with E-state index in [1.807, 2.05) is 0 Å². The van der Waals surface area contributed by atoms with E-state index in [2.05, 4.69) is 29.2 Å². The summed E-state index contributed by atoms with van der Waals surface area (Å²) in [5.74, 6) is 1.87. The standard InChI is InChI=1S/C16H31N3/c1-18-9-7-13(8-10-18)12-19(2)16-6-3-14(16)11-17-15-4-5-15/h13-17H,3-12H2,1-2H3. The van der Waals surface area contributed by atoms with Crippen molar-refractivity contribution in [3.63, 3.8) is 0 Å². The molecular formula is C16H31N3. The third-order valence-corrected chi connectivity index (χ3v) is 5.57. The second kappa shape index (κ2) is 6.11. The van der Waals surface area contributed by atoms with Gasteiger partial charge in [-0.05, 0) is 84.1 Å². The predicted molar refractivity (Wildman–Crippen MR) is 80.4 cm³/mol. The first-order chi connectivity index (χ1) is 9.22. The first-order valence-corrected chi connectivity index (χ1v) is 8.34. The quantitative estimate of drug-likeness (QED) is 0.790. The molecule has 2 aliphatic carbocycles. The molecule has 2 atom stereocenters. The van der Waals surface area contributed by atoms with Crippen molar-refractivity contribution >= 4 is 0 Å². The molecule has 0 aromatic carbocycles. The summed E-state index contributed by atoms with van der Waals surface area (Å²) in [6.07, 6.45) is 8.52. The van der Waals surface area contributed by atoms with Gasteiger partial charge in [0.2, 0.25) is 0 Å². The predicted octanol–water partition coefficient (Wildman–Crippen LogP) is 1.79. The van der Waals surface area contributed by atoms with Crippen LogP contribution in [0.1, 0.15) is 38.5 Å². The number of hydrogen-bond donors (Lipinski definition) is 1. The Kier molecular flexibility index (Phi) is 4.45. The van der Waals surface area contributed by atoms with Crippen LogP contribution in [0.25, 0.3) is 0 Å². The molecular weight excluding hydrogens is 234 g/mol. The van der Waals surface area contributed by atoms with Crippen molar-refractivity contribution in [1.29, 1.82) is 0 Å². The summed E-state index contributed by atoms with van der Waals surface area (Å²) < 4.78 is 0. The van der Waals surface area contributed by atoms with Crippen LogP contribution in [-0.2, 0) is 0 Å². The average Bonchev–Trinajstić information content (AvgIpc) is 3.15. The summed E-state index contributed by atoms with van der Waals surface area (Å²) in [5.41, 5.74) is 0. The minimum atomic E-state index is 0.867. The van der Waals surface area contributed by atoms with E-state index >= 15 is 0 Å². The first kappa shape index (κ1) is 13.8. The molecule has 110 valence electrons. The van der Waals surface area contributed by atoms with Crippen LogP contribution in [0.5, 0.6) is 0 Å². The van der Waals surface area contributed by atoms with Gasteiger partial charge >= 0.3 is 0 Å². The highest BCUT2D eigenvalue weighted by atomic mass is 15.2. The Balaban J connectivity index is 1.38. The molecule has 0 radical (unpaired) electrons. The van der Waals surface area contributed by atoms with Crippen molar-refractivity contribution in [3.8, 4) is 0 Å². The van der Waals surface area contributed by atoms with Gasteiger partial charge in [0.15, 0.2) is 0 Å². The van der Waals surface area contributed by atoms with Crippen LogP contribution < -0.4 is 5.32 Å². The molecule has 1 heterocycles. The SMILES string of the molecule is CN1CCC(CN(C)C2CCC2CNC2CC2)CC1. The lowest BCUT2D eigenvalue weighted by Crippen LogP contribution is -2.51. The van der Waals surface area contributed by atoms with Gasteiger partial charge < -0.3 is 15.1 Å². The van der Waals surface area contributed by atoms with Gasteiger partial charge in [0.1, 0.15) is 0 Å². The Morgan fingerprint density at radius 1 is 1.05 bits per heavy atom. The van der Waals surface area contributed by atoms with Crippen LogP contribution in [0.3, 0.4) is 0 Å². The van der Waals surface area contributed by atoms with Gasteiger partial charge in [0, 0.05) is 18.6 Å². The van der Waals surface area contributed by atoms with Crippen LogP contribution in [0.15, 0.2) is 0 Å². The summed E-state index contributed by atoms with van der Waals surface area (Å²) in [4.78, 5) is 5.15. The van der Waals surface area contributed by atoms with Crippen LogP contribution in [0, 0.1) is 11.8 Å². The maximum Gasteiger partial charge on any atom is 0.0133 e. The fourth-order valence-electron chi connectivity index (χ4n) is 3.76. The Hall–Kier alpha value is -0.120. The number of hydrogen-bond acceptors (Lipinski definition) is 3. The van der Waals surface area contributed by atoms with Gasteiger partial charge in [-0.2, -0.15) is 0 Å². The highest BCUT2D eigenvalue weighted by Crippen LogP contribution is 2.33. The number of likely N-dealkylation sites (tertiary alicyclic amines) is 1. The van der Waals surface area contributed by atoms with Crippen molar-refractivity contribution in [2.24, 2.45) is 11.8 Å². The molecule has 1 aliphatic heterocycles. The van der Waals surface area contributed by atoms with E-state index in [1.165, 1.54) is 64.7 Å². The largest absolute Gasteiger partial charge is 0.314 e. The van der Waals surface area contributed by atoms with Crippen molar-refractivity contribution in [2.75, 3.05) is 40.3 Å². The number of piperidine rings is 1. The second-order valence-corrected chi connectivity index (χ2v) is 7.27. The average molecular weight is 265 g/mol. The minimum Gasteiger partial charge on any atom is -0.314 e. The molecule has 3 nitrogen and oxygen atoms in total. The van der Waals surface area contributed by atoms with Crippen LogP contribution in [-0.4, -0.2) is 62.2 Å². The molecule has 3 rings (SSSR count). The zero-order valence-corrected chi connectivity index (χ0v) is 12.8. The Labute approximate surface area is 118 Å². The van der Waals surface area contributed by atoms with Crippen molar-refractivity contribution < 1.29 is 0 Å². The normalized spacial score (nSPS) is 33.6. The third-order valence-electron chi connectivity index (χ3n) is 5.57. The van der Waals surface area contributed by atoms with E-state index in [1.54, 1.807) is 0 Å². The van der Waals surface area contributed by atoms with Gasteiger partial charge in [-0.15, -0.1) is 0 Å². The molecule has 0 aromatic heterocycles. The zero-order chi connectivity index (χ0) is 13.2. The van der Waals surface area contributed by atoms with Crippen molar-refractivity contribution in [1.82, 2.24) is 15.1 Å². The molecule has 3 aliphatic rings. The molecule has 3 heteroatoms. The van der Waals surface area contributed by atoms with Gasteiger partial charge in [-0.1, -0.05) is 0 Å². The van der Waals surface area contributed by atoms with E-state index in [4.69, 9.17) is 0 Å². The van der Waals surface area contributed by atoms with E-state index < -0.39 is 0 Å². The van der Waals surface area contributed by atoms with Gasteiger partial charge in [-0.25, -0.2) is 0 Å². The third kappa shape index (κ3) is 3.71. The molecule has 1 saturated heterocycles. The van der Waals surface area contributed by atoms with Gasteiger partial charge in [0.05, 0.1) is 0 Å². The monoisotopic (exact) mass is 265 g/mol. The summed E-state index contributed by atoms with van der Waals surface area (Å²) in [7, 11) is 4.62. The van der Waals surface area contributed by atoms with Crippen molar-refractivity contribution in [2.45, 2.75) is 50.6 Å². The molecule has 2 saturated carbocycles. The minimum absolute atomic E-state index is 0.867. The maximum atomic E-state index is 3.72. The van der Waals surface area contributed by atoms with E-state index in [9.17, 15) is 0 Å². The number of nitrogens with zero attached hydrogens (tertiary/aromatic N) is 2. The highest BCUT2D eigenvalue weighted by Gasteiger charge is 2.35. The van der Waals surface area contributed by atoms with Crippen LogP contribution in [0.4, 0.5) is 0 Å². The first-order valence-electron chi connectivity index (χ1n) is 8.34. The maximum absolute atomic E-state index is 3.72. The molecule has 1 N–H and O–H groups in total. The Morgan fingerprint density at radius 3 is 2.37 bits per heavy atom. The number of rotatable bonds is 6. The molecule has 2 unspecified atom stereocenters. The second-order valence-electron chi connectivity index (χ2n) is 7.27. The highest BCUT2D eigenvalue weighted by molar-refractivity contribution is 4.92. The summed E-state index contributed by atoms with van der Waals surface area (Å²) >= 11 is 0. The van der Waals surface area contributed by atoms with Gasteiger partial charge in [-0.3, -0.25) is 0 Å². The van der Waals surface area contributed by atoms with Crippen molar-refractivity contribution in [3.05, 3.63) is 0 Å². The van der Waals surface area contributed by atoms with Gasteiger partial charge in [0.25, 0.3) is 0 Å². The summed E-state index contributed by atoms with van der Waals surface area (Å²) in [5, 5.41) is 3.72. The van der Waals surface area contributed by atoms with E-state index in [-0.39, 0.29) is 0 Å². The smallest absolute Gasteiger partial charge is 0.0133 e. The molecule has 0 spiro atoms. The summed E-state index contributed by atoms with van der Waals surface area (Å²) in [6.45, 7) is 5.21.